The molecular formula is C23H24BrN3O2. The first-order chi connectivity index (χ1) is 14.0. The number of carbonyl (C=O) groups is 2. The SMILES string of the molecule is Cc1cc(C(=O)NC2CCCCC2)ccc1NC(=O)c1[nH]c2ccccc2c1Br. The van der Waals surface area contributed by atoms with Gasteiger partial charge in [-0.1, -0.05) is 37.5 Å². The van der Waals surface area contributed by atoms with E-state index in [0.29, 0.717) is 16.9 Å². The first-order valence-corrected chi connectivity index (χ1v) is 10.8. The van der Waals surface area contributed by atoms with Crippen molar-refractivity contribution in [1.82, 2.24) is 10.3 Å². The van der Waals surface area contributed by atoms with Gasteiger partial charge in [-0.25, -0.2) is 0 Å². The third kappa shape index (κ3) is 4.22. The van der Waals surface area contributed by atoms with E-state index in [1.807, 2.05) is 37.3 Å². The molecule has 5 nitrogen and oxygen atoms in total. The highest BCUT2D eigenvalue weighted by atomic mass is 79.9. The number of aromatic amines is 1. The molecule has 0 aliphatic heterocycles. The molecule has 150 valence electrons. The van der Waals surface area contributed by atoms with Crippen molar-refractivity contribution in [2.24, 2.45) is 0 Å². The highest BCUT2D eigenvalue weighted by molar-refractivity contribution is 9.10. The topological polar surface area (TPSA) is 74.0 Å². The van der Waals surface area contributed by atoms with Gasteiger partial charge in [0.15, 0.2) is 0 Å². The first-order valence-electron chi connectivity index (χ1n) is 10.0. The number of aromatic nitrogens is 1. The molecule has 0 bridgehead atoms. The fraction of sp³-hybridized carbons (Fsp3) is 0.304. The minimum Gasteiger partial charge on any atom is -0.350 e. The van der Waals surface area contributed by atoms with E-state index in [-0.39, 0.29) is 17.9 Å². The number of rotatable bonds is 4. The minimum atomic E-state index is -0.226. The van der Waals surface area contributed by atoms with E-state index < -0.39 is 0 Å². The van der Waals surface area contributed by atoms with Gasteiger partial charge >= 0.3 is 0 Å². The van der Waals surface area contributed by atoms with E-state index >= 15 is 0 Å². The van der Waals surface area contributed by atoms with Crippen LogP contribution in [0.5, 0.6) is 0 Å². The first kappa shape index (κ1) is 19.7. The van der Waals surface area contributed by atoms with Gasteiger partial charge in [-0.15, -0.1) is 0 Å². The Bertz CT molecular complexity index is 1070. The Morgan fingerprint density at radius 1 is 1.03 bits per heavy atom. The van der Waals surface area contributed by atoms with Crippen LogP contribution in [0.4, 0.5) is 5.69 Å². The van der Waals surface area contributed by atoms with Crippen LogP contribution in [0.1, 0.15) is 58.5 Å². The Kier molecular flexibility index (Phi) is 5.72. The van der Waals surface area contributed by atoms with Crippen LogP contribution in [0.2, 0.25) is 0 Å². The number of aryl methyl sites for hydroxylation is 1. The van der Waals surface area contributed by atoms with E-state index in [1.54, 1.807) is 12.1 Å². The molecule has 1 saturated carbocycles. The van der Waals surface area contributed by atoms with Crippen molar-refractivity contribution in [3.63, 3.8) is 0 Å². The standard InChI is InChI=1S/C23H24BrN3O2/c1-14-13-15(22(28)25-16-7-3-2-4-8-16)11-12-18(14)27-23(29)21-20(24)17-9-5-6-10-19(17)26-21/h5-6,9-13,16,26H,2-4,7-8H2,1H3,(H,25,28)(H,27,29). The van der Waals surface area contributed by atoms with E-state index in [9.17, 15) is 9.59 Å². The molecule has 6 heteroatoms. The third-order valence-electron chi connectivity index (χ3n) is 5.55. The van der Waals surface area contributed by atoms with Crippen LogP contribution in [-0.4, -0.2) is 22.8 Å². The highest BCUT2D eigenvalue weighted by Gasteiger charge is 2.19. The summed E-state index contributed by atoms with van der Waals surface area (Å²) in [5, 5.41) is 7.04. The molecule has 0 unspecified atom stereocenters. The molecule has 4 rings (SSSR count). The fourth-order valence-electron chi connectivity index (χ4n) is 3.91. The van der Waals surface area contributed by atoms with Crippen molar-refractivity contribution >= 4 is 44.3 Å². The number of benzene rings is 2. The highest BCUT2D eigenvalue weighted by Crippen LogP contribution is 2.28. The molecular weight excluding hydrogens is 430 g/mol. The van der Waals surface area contributed by atoms with Gasteiger partial charge in [-0.2, -0.15) is 0 Å². The molecule has 29 heavy (non-hydrogen) atoms. The number of hydrogen-bond acceptors (Lipinski definition) is 2. The molecule has 3 N–H and O–H groups in total. The fourth-order valence-corrected chi connectivity index (χ4v) is 4.53. The number of amides is 2. The largest absolute Gasteiger partial charge is 0.350 e. The number of anilines is 1. The summed E-state index contributed by atoms with van der Waals surface area (Å²) in [7, 11) is 0. The maximum Gasteiger partial charge on any atom is 0.273 e. The molecule has 1 fully saturated rings. The van der Waals surface area contributed by atoms with Gasteiger partial charge in [0.1, 0.15) is 5.69 Å². The van der Waals surface area contributed by atoms with Crippen LogP contribution in [0.3, 0.4) is 0 Å². The molecule has 0 atom stereocenters. The number of nitrogens with one attached hydrogen (secondary N) is 3. The van der Waals surface area contributed by atoms with Crippen molar-refractivity contribution in [2.75, 3.05) is 5.32 Å². The smallest absolute Gasteiger partial charge is 0.273 e. The van der Waals surface area contributed by atoms with Crippen LogP contribution >= 0.6 is 15.9 Å². The van der Waals surface area contributed by atoms with Gasteiger partial charge in [-0.3, -0.25) is 9.59 Å². The normalized spacial score (nSPS) is 14.7. The summed E-state index contributed by atoms with van der Waals surface area (Å²) in [5.41, 5.74) is 3.54. The lowest BCUT2D eigenvalue weighted by atomic mass is 9.95. The number of hydrogen-bond donors (Lipinski definition) is 3. The maximum atomic E-state index is 12.8. The Balaban J connectivity index is 1.48. The number of para-hydroxylation sites is 1. The van der Waals surface area contributed by atoms with Crippen LogP contribution in [0, 0.1) is 6.92 Å². The monoisotopic (exact) mass is 453 g/mol. The predicted octanol–water partition coefficient (Wildman–Crippen LogP) is 5.55. The molecule has 2 amide bonds. The van der Waals surface area contributed by atoms with Gasteiger partial charge < -0.3 is 15.6 Å². The average molecular weight is 454 g/mol. The third-order valence-corrected chi connectivity index (χ3v) is 6.37. The average Bonchev–Trinajstić information content (AvgIpc) is 3.07. The van der Waals surface area contributed by atoms with E-state index in [0.717, 1.165) is 33.8 Å². The molecule has 3 aromatic rings. The van der Waals surface area contributed by atoms with E-state index in [4.69, 9.17) is 0 Å². The summed E-state index contributed by atoms with van der Waals surface area (Å²) < 4.78 is 0.742. The summed E-state index contributed by atoms with van der Waals surface area (Å²) in [4.78, 5) is 28.5. The van der Waals surface area contributed by atoms with Crippen molar-refractivity contribution in [1.29, 1.82) is 0 Å². The van der Waals surface area contributed by atoms with Crippen molar-refractivity contribution in [3.05, 3.63) is 63.8 Å². The van der Waals surface area contributed by atoms with Crippen molar-refractivity contribution in [3.8, 4) is 0 Å². The maximum absolute atomic E-state index is 12.8. The van der Waals surface area contributed by atoms with Crippen LogP contribution in [-0.2, 0) is 0 Å². The molecule has 1 aliphatic carbocycles. The van der Waals surface area contributed by atoms with Crippen LogP contribution in [0.25, 0.3) is 10.9 Å². The van der Waals surface area contributed by atoms with Crippen molar-refractivity contribution in [2.45, 2.75) is 45.1 Å². The molecule has 2 aromatic carbocycles. The van der Waals surface area contributed by atoms with Gasteiger partial charge in [0.25, 0.3) is 11.8 Å². The molecule has 0 spiro atoms. The van der Waals surface area contributed by atoms with Crippen molar-refractivity contribution < 1.29 is 9.59 Å². The van der Waals surface area contributed by atoms with Gasteiger partial charge in [-0.05, 0) is 65.5 Å². The second kappa shape index (κ2) is 8.41. The Hall–Kier alpha value is -2.60. The summed E-state index contributed by atoms with van der Waals surface area (Å²) in [6.45, 7) is 1.90. The second-order valence-electron chi connectivity index (χ2n) is 7.65. The van der Waals surface area contributed by atoms with E-state index in [1.165, 1.54) is 19.3 Å². The zero-order valence-corrected chi connectivity index (χ0v) is 17.9. The van der Waals surface area contributed by atoms with Crippen LogP contribution < -0.4 is 10.6 Å². The number of halogens is 1. The minimum absolute atomic E-state index is 0.0451. The molecule has 1 heterocycles. The number of fused-ring (bicyclic) bond motifs is 1. The number of carbonyl (C=O) groups excluding carboxylic acids is 2. The molecule has 1 aromatic heterocycles. The lowest BCUT2D eigenvalue weighted by molar-refractivity contribution is 0.0927. The Morgan fingerprint density at radius 3 is 2.52 bits per heavy atom. The zero-order chi connectivity index (χ0) is 20.4. The van der Waals surface area contributed by atoms with E-state index in [2.05, 4.69) is 31.5 Å². The zero-order valence-electron chi connectivity index (χ0n) is 16.3. The molecule has 0 radical (unpaired) electrons. The summed E-state index contributed by atoms with van der Waals surface area (Å²) in [6, 6.07) is 13.4. The summed E-state index contributed by atoms with van der Waals surface area (Å²) >= 11 is 3.52. The Labute approximate surface area is 178 Å². The lowest BCUT2D eigenvalue weighted by Gasteiger charge is -2.23. The Morgan fingerprint density at radius 2 is 1.79 bits per heavy atom. The molecule has 1 aliphatic rings. The summed E-state index contributed by atoms with van der Waals surface area (Å²) in [6.07, 6.45) is 5.72. The second-order valence-corrected chi connectivity index (χ2v) is 8.44. The number of H-pyrrole nitrogens is 1. The summed E-state index contributed by atoms with van der Waals surface area (Å²) in [5.74, 6) is -0.271. The molecule has 0 saturated heterocycles. The van der Waals surface area contributed by atoms with Gasteiger partial charge in [0.2, 0.25) is 0 Å². The van der Waals surface area contributed by atoms with Gasteiger partial charge in [0.05, 0.1) is 4.47 Å². The van der Waals surface area contributed by atoms with Crippen LogP contribution in [0.15, 0.2) is 46.9 Å². The lowest BCUT2D eigenvalue weighted by Crippen LogP contribution is -2.36. The van der Waals surface area contributed by atoms with Gasteiger partial charge in [0, 0.05) is 28.2 Å². The predicted molar refractivity (Wildman–Crippen MR) is 119 cm³/mol. The quantitative estimate of drug-likeness (QED) is 0.483.